The van der Waals surface area contributed by atoms with E-state index in [0.29, 0.717) is 25.3 Å². The third kappa shape index (κ3) is 3.15. The van der Waals surface area contributed by atoms with Crippen LogP contribution in [-0.4, -0.2) is 23.7 Å². The predicted molar refractivity (Wildman–Crippen MR) is 80.9 cm³/mol. The zero-order chi connectivity index (χ0) is 14.2. The summed E-state index contributed by atoms with van der Waals surface area (Å²) in [4.78, 5) is 12.3. The molecule has 0 saturated heterocycles. The van der Waals surface area contributed by atoms with E-state index < -0.39 is 6.10 Å². The van der Waals surface area contributed by atoms with Crippen LogP contribution in [0, 0.1) is 0 Å². The Labute approximate surface area is 129 Å². The van der Waals surface area contributed by atoms with E-state index in [0.717, 1.165) is 4.70 Å². The van der Waals surface area contributed by atoms with E-state index in [-0.39, 0.29) is 12.5 Å². The molecular weight excluding hydrogens is 329 g/mol. The summed E-state index contributed by atoms with van der Waals surface area (Å²) in [5.41, 5.74) is 0. The Morgan fingerprint density at radius 3 is 2.74 bits per heavy atom. The minimum absolute atomic E-state index is 0.165. The van der Waals surface area contributed by atoms with Crippen LogP contribution in [0.5, 0.6) is 0 Å². The van der Waals surface area contributed by atoms with Gasteiger partial charge in [0.25, 0.3) is 5.91 Å². The number of rotatable bonds is 3. The van der Waals surface area contributed by atoms with E-state index in [4.69, 9.17) is 39.9 Å². The maximum Gasteiger partial charge on any atom is 0.263 e. The van der Waals surface area contributed by atoms with Gasteiger partial charge in [-0.2, -0.15) is 0 Å². The molecule has 0 aliphatic carbocycles. The molecule has 0 bridgehead atoms. The number of halogens is 3. The summed E-state index contributed by atoms with van der Waals surface area (Å²) in [5, 5.41) is 13.6. The fourth-order valence-electron chi connectivity index (χ4n) is 1.58. The summed E-state index contributed by atoms with van der Waals surface area (Å²) in [7, 11) is 0. The Kier molecular flexibility index (Phi) is 4.58. The van der Waals surface area contributed by atoms with E-state index in [2.05, 4.69) is 5.32 Å². The fraction of sp³-hybridized carbons (Fsp3) is 0.250. The van der Waals surface area contributed by atoms with Gasteiger partial charge in [-0.25, -0.2) is 0 Å². The van der Waals surface area contributed by atoms with Crippen LogP contribution in [0.1, 0.15) is 16.6 Å². The van der Waals surface area contributed by atoms with E-state index in [1.807, 2.05) is 0 Å². The molecule has 102 valence electrons. The lowest BCUT2D eigenvalue weighted by Gasteiger charge is -2.05. The molecule has 2 N–H and O–H groups in total. The largest absolute Gasteiger partial charge is 0.392 e. The lowest BCUT2D eigenvalue weighted by Crippen LogP contribution is -2.30. The number of amides is 1. The van der Waals surface area contributed by atoms with Crippen molar-refractivity contribution in [3.8, 4) is 0 Å². The van der Waals surface area contributed by atoms with E-state index >= 15 is 0 Å². The first kappa shape index (κ1) is 14.9. The molecule has 2 aromatic rings. The molecule has 0 fully saturated rings. The first-order valence-electron chi connectivity index (χ1n) is 5.43. The molecule has 3 nitrogen and oxygen atoms in total. The van der Waals surface area contributed by atoms with E-state index in [9.17, 15) is 4.79 Å². The predicted octanol–water partition coefficient (Wildman–Crippen LogP) is 3.97. The monoisotopic (exact) mass is 337 g/mol. The van der Waals surface area contributed by atoms with Gasteiger partial charge >= 0.3 is 0 Å². The number of aliphatic hydroxyl groups excluding tert-OH is 1. The highest BCUT2D eigenvalue weighted by Crippen LogP contribution is 2.41. The second-order valence-electron chi connectivity index (χ2n) is 4.06. The van der Waals surface area contributed by atoms with Gasteiger partial charge in [0.15, 0.2) is 0 Å². The maximum absolute atomic E-state index is 12.0. The quantitative estimate of drug-likeness (QED) is 0.889. The van der Waals surface area contributed by atoms with E-state index in [1.165, 1.54) is 11.3 Å². The summed E-state index contributed by atoms with van der Waals surface area (Å²) in [6, 6.07) is 3.30. The van der Waals surface area contributed by atoms with Crippen LogP contribution < -0.4 is 5.32 Å². The molecule has 1 aromatic heterocycles. The number of fused-ring (bicyclic) bond motifs is 1. The molecule has 2 rings (SSSR count). The van der Waals surface area contributed by atoms with Gasteiger partial charge in [0.1, 0.15) is 4.88 Å². The number of benzene rings is 1. The Morgan fingerprint density at radius 2 is 2.11 bits per heavy atom. The number of carbonyl (C=O) groups excluding carboxylic acids is 1. The van der Waals surface area contributed by atoms with Gasteiger partial charge < -0.3 is 10.4 Å². The number of hydrogen-bond donors (Lipinski definition) is 2. The number of aliphatic hydroxyl groups is 1. The molecule has 0 radical (unpaired) electrons. The summed E-state index contributed by atoms with van der Waals surface area (Å²) in [5.74, 6) is -0.334. The highest BCUT2D eigenvalue weighted by atomic mass is 35.5. The van der Waals surface area contributed by atoms with Crippen molar-refractivity contribution < 1.29 is 9.90 Å². The number of hydrogen-bond acceptors (Lipinski definition) is 3. The molecule has 1 heterocycles. The van der Waals surface area contributed by atoms with Crippen molar-refractivity contribution in [2.75, 3.05) is 6.54 Å². The van der Waals surface area contributed by atoms with Crippen LogP contribution in [0.25, 0.3) is 10.1 Å². The average Bonchev–Trinajstić information content (AvgIpc) is 2.63. The second kappa shape index (κ2) is 5.85. The molecule has 0 spiro atoms. The van der Waals surface area contributed by atoms with Crippen LogP contribution in [0.3, 0.4) is 0 Å². The lowest BCUT2D eigenvalue weighted by molar-refractivity contribution is 0.0928. The zero-order valence-corrected chi connectivity index (χ0v) is 12.9. The molecule has 1 aromatic carbocycles. The van der Waals surface area contributed by atoms with Crippen LogP contribution in [0.2, 0.25) is 15.1 Å². The molecule has 1 amide bonds. The van der Waals surface area contributed by atoms with Crippen LogP contribution >= 0.6 is 46.1 Å². The molecule has 0 saturated carbocycles. The van der Waals surface area contributed by atoms with Gasteiger partial charge in [-0.3, -0.25) is 4.79 Å². The second-order valence-corrected chi connectivity index (χ2v) is 6.34. The Bertz CT molecular complexity index is 639. The van der Waals surface area contributed by atoms with Crippen molar-refractivity contribution in [3.63, 3.8) is 0 Å². The van der Waals surface area contributed by atoms with Gasteiger partial charge in [0.2, 0.25) is 0 Å². The Morgan fingerprint density at radius 1 is 1.42 bits per heavy atom. The van der Waals surface area contributed by atoms with Crippen molar-refractivity contribution in [2.45, 2.75) is 13.0 Å². The first-order chi connectivity index (χ1) is 8.90. The average molecular weight is 339 g/mol. The van der Waals surface area contributed by atoms with Crippen molar-refractivity contribution in [1.29, 1.82) is 0 Å². The van der Waals surface area contributed by atoms with Gasteiger partial charge in [0.05, 0.1) is 16.1 Å². The maximum atomic E-state index is 12.0. The molecule has 1 atom stereocenters. The standard InChI is InChI=1S/C12H10Cl3NO2S/c1-5(17)4-16-12(18)11-10(15)9-7(14)2-6(13)3-8(9)19-11/h2-3,5,17H,4H2,1H3,(H,16,18). The number of nitrogens with one attached hydrogen (secondary N) is 1. The first-order valence-corrected chi connectivity index (χ1v) is 7.38. The van der Waals surface area contributed by atoms with Crippen molar-refractivity contribution >= 4 is 62.1 Å². The summed E-state index contributed by atoms with van der Waals surface area (Å²) < 4.78 is 0.754. The summed E-state index contributed by atoms with van der Waals surface area (Å²) in [6.45, 7) is 1.75. The molecule has 7 heteroatoms. The highest BCUT2D eigenvalue weighted by molar-refractivity contribution is 7.21. The topological polar surface area (TPSA) is 49.3 Å². The fourth-order valence-corrected chi connectivity index (χ4v) is 3.87. The third-order valence-corrected chi connectivity index (χ3v) is 4.56. The van der Waals surface area contributed by atoms with Crippen molar-refractivity contribution in [2.24, 2.45) is 0 Å². The van der Waals surface area contributed by atoms with Crippen molar-refractivity contribution in [3.05, 3.63) is 32.1 Å². The third-order valence-electron chi connectivity index (χ3n) is 2.41. The lowest BCUT2D eigenvalue weighted by atomic mass is 10.2. The van der Waals surface area contributed by atoms with Gasteiger partial charge in [0, 0.05) is 21.7 Å². The Balaban J connectivity index is 2.42. The molecular formula is C12H10Cl3NO2S. The molecule has 0 aliphatic heterocycles. The zero-order valence-electron chi connectivity index (χ0n) is 9.84. The number of carbonyl (C=O) groups is 1. The highest BCUT2D eigenvalue weighted by Gasteiger charge is 2.19. The molecule has 0 aliphatic rings. The van der Waals surface area contributed by atoms with Crippen LogP contribution in [0.15, 0.2) is 12.1 Å². The van der Waals surface area contributed by atoms with E-state index in [1.54, 1.807) is 19.1 Å². The van der Waals surface area contributed by atoms with Crippen molar-refractivity contribution in [1.82, 2.24) is 5.32 Å². The number of thiophene rings is 1. The van der Waals surface area contributed by atoms with Crippen LogP contribution in [-0.2, 0) is 0 Å². The normalized spacial score (nSPS) is 12.7. The minimum atomic E-state index is -0.616. The van der Waals surface area contributed by atoms with Gasteiger partial charge in [-0.15, -0.1) is 11.3 Å². The summed E-state index contributed by atoms with van der Waals surface area (Å²) in [6.07, 6.45) is -0.616. The summed E-state index contributed by atoms with van der Waals surface area (Å²) >= 11 is 19.4. The smallest absolute Gasteiger partial charge is 0.263 e. The molecule has 1 unspecified atom stereocenters. The van der Waals surface area contributed by atoms with Gasteiger partial charge in [-0.05, 0) is 19.1 Å². The Hall–Kier alpha value is -0.520. The SMILES string of the molecule is CC(O)CNC(=O)c1sc2cc(Cl)cc(Cl)c2c1Cl. The van der Waals surface area contributed by atoms with Crippen LogP contribution in [0.4, 0.5) is 0 Å². The minimum Gasteiger partial charge on any atom is -0.392 e. The molecule has 19 heavy (non-hydrogen) atoms. The van der Waals surface area contributed by atoms with Gasteiger partial charge in [-0.1, -0.05) is 34.8 Å².